The summed E-state index contributed by atoms with van der Waals surface area (Å²) in [5.74, 6) is -0.272. The third kappa shape index (κ3) is 3.11. The van der Waals surface area contributed by atoms with Crippen LogP contribution < -0.4 is 10.1 Å². The van der Waals surface area contributed by atoms with Gasteiger partial charge in [0.25, 0.3) is 5.91 Å². The van der Waals surface area contributed by atoms with E-state index in [0.717, 1.165) is 0 Å². The maximum Gasteiger partial charge on any atom is 0.387 e. The Balaban J connectivity index is 2.14. The number of rotatable bonds is 4. The van der Waals surface area contributed by atoms with Gasteiger partial charge in [-0.2, -0.15) is 13.9 Å². The molecule has 20 heavy (non-hydrogen) atoms. The first-order chi connectivity index (χ1) is 9.47. The van der Waals surface area contributed by atoms with Crippen LogP contribution in [0.25, 0.3) is 0 Å². The summed E-state index contributed by atoms with van der Waals surface area (Å²) in [6, 6.07) is 5.91. The van der Waals surface area contributed by atoms with Crippen LogP contribution in [0.2, 0.25) is 0 Å². The number of aryl methyl sites for hydroxylation is 2. The Kier molecular flexibility index (Phi) is 3.97. The highest BCUT2D eigenvalue weighted by Gasteiger charge is 2.12. The summed E-state index contributed by atoms with van der Waals surface area (Å²) >= 11 is 0. The van der Waals surface area contributed by atoms with Gasteiger partial charge in [-0.1, -0.05) is 0 Å². The van der Waals surface area contributed by atoms with E-state index in [1.165, 1.54) is 29.1 Å². The fourth-order valence-corrected chi connectivity index (χ4v) is 1.74. The molecule has 1 aromatic heterocycles. The van der Waals surface area contributed by atoms with E-state index < -0.39 is 6.61 Å². The van der Waals surface area contributed by atoms with Gasteiger partial charge >= 0.3 is 6.61 Å². The van der Waals surface area contributed by atoms with Crippen molar-refractivity contribution < 1.29 is 18.3 Å². The quantitative estimate of drug-likeness (QED) is 0.937. The van der Waals surface area contributed by atoms with Gasteiger partial charge in [-0.15, -0.1) is 0 Å². The lowest BCUT2D eigenvalue weighted by atomic mass is 10.2. The van der Waals surface area contributed by atoms with Crippen LogP contribution in [0.4, 0.5) is 14.5 Å². The smallest absolute Gasteiger partial charge is 0.387 e. The lowest BCUT2D eigenvalue weighted by Crippen LogP contribution is -2.16. The predicted molar refractivity (Wildman–Crippen MR) is 69.0 cm³/mol. The predicted octanol–water partition coefficient (Wildman–Crippen LogP) is 2.58. The standard InChI is InChI=1S/C13H13F2N3O2/c1-8-7-9(20-13(14)15)3-4-10(8)17-12(19)11-5-6-16-18(11)2/h3-7,13H,1-2H3,(H,17,19). The van der Waals surface area contributed by atoms with Crippen LogP contribution in [-0.4, -0.2) is 22.3 Å². The molecular weight excluding hydrogens is 268 g/mol. The third-order valence-electron chi connectivity index (χ3n) is 2.72. The van der Waals surface area contributed by atoms with Crippen molar-refractivity contribution in [3.05, 3.63) is 41.7 Å². The summed E-state index contributed by atoms with van der Waals surface area (Å²) in [6.07, 6.45) is 1.52. The average Bonchev–Trinajstić information content (AvgIpc) is 2.78. The first-order valence-corrected chi connectivity index (χ1v) is 5.82. The van der Waals surface area contributed by atoms with Crippen molar-refractivity contribution in [1.82, 2.24) is 9.78 Å². The third-order valence-corrected chi connectivity index (χ3v) is 2.72. The van der Waals surface area contributed by atoms with Crippen LogP contribution in [-0.2, 0) is 7.05 Å². The molecule has 0 saturated heterocycles. The fourth-order valence-electron chi connectivity index (χ4n) is 1.74. The normalized spacial score (nSPS) is 10.7. The van der Waals surface area contributed by atoms with E-state index in [9.17, 15) is 13.6 Å². The Labute approximate surface area is 114 Å². The first-order valence-electron chi connectivity index (χ1n) is 5.82. The monoisotopic (exact) mass is 281 g/mol. The first kappa shape index (κ1) is 14.0. The van der Waals surface area contributed by atoms with Crippen molar-refractivity contribution in [2.75, 3.05) is 5.32 Å². The summed E-state index contributed by atoms with van der Waals surface area (Å²) in [4.78, 5) is 12.0. The molecule has 1 amide bonds. The molecule has 7 heteroatoms. The highest BCUT2D eigenvalue weighted by Crippen LogP contribution is 2.23. The minimum atomic E-state index is -2.87. The van der Waals surface area contributed by atoms with Gasteiger partial charge in [-0.3, -0.25) is 9.48 Å². The van der Waals surface area contributed by atoms with E-state index in [1.54, 1.807) is 20.0 Å². The molecule has 0 fully saturated rings. The van der Waals surface area contributed by atoms with Gasteiger partial charge < -0.3 is 10.1 Å². The van der Waals surface area contributed by atoms with E-state index in [0.29, 0.717) is 16.9 Å². The maximum absolute atomic E-state index is 12.1. The van der Waals surface area contributed by atoms with Gasteiger partial charge in [0, 0.05) is 18.9 Å². The van der Waals surface area contributed by atoms with Crippen LogP contribution in [0.5, 0.6) is 5.75 Å². The molecule has 0 saturated carbocycles. The zero-order chi connectivity index (χ0) is 14.7. The number of carbonyl (C=O) groups is 1. The van der Waals surface area contributed by atoms with Crippen molar-refractivity contribution in [2.24, 2.45) is 7.05 Å². The largest absolute Gasteiger partial charge is 0.435 e. The molecule has 0 aliphatic heterocycles. The van der Waals surface area contributed by atoms with Gasteiger partial charge in [-0.05, 0) is 36.8 Å². The number of nitrogens with zero attached hydrogens (tertiary/aromatic N) is 2. The van der Waals surface area contributed by atoms with Crippen molar-refractivity contribution >= 4 is 11.6 Å². The second kappa shape index (κ2) is 5.68. The summed E-state index contributed by atoms with van der Waals surface area (Å²) in [5.41, 5.74) is 1.55. The van der Waals surface area contributed by atoms with Gasteiger partial charge in [0.15, 0.2) is 0 Å². The van der Waals surface area contributed by atoms with Crippen molar-refractivity contribution in [1.29, 1.82) is 0 Å². The number of amides is 1. The Morgan fingerprint density at radius 2 is 2.15 bits per heavy atom. The minimum absolute atomic E-state index is 0.0519. The minimum Gasteiger partial charge on any atom is -0.435 e. The highest BCUT2D eigenvalue weighted by atomic mass is 19.3. The zero-order valence-corrected chi connectivity index (χ0v) is 10.9. The number of aromatic nitrogens is 2. The van der Waals surface area contributed by atoms with Crippen LogP contribution in [0.1, 0.15) is 16.1 Å². The van der Waals surface area contributed by atoms with E-state index in [4.69, 9.17) is 0 Å². The van der Waals surface area contributed by atoms with Crippen molar-refractivity contribution in [3.63, 3.8) is 0 Å². The molecule has 0 radical (unpaired) electrons. The number of hydrogen-bond donors (Lipinski definition) is 1. The average molecular weight is 281 g/mol. The Hall–Kier alpha value is -2.44. The molecule has 0 aliphatic carbocycles. The molecule has 1 heterocycles. The highest BCUT2D eigenvalue weighted by molar-refractivity contribution is 6.03. The van der Waals surface area contributed by atoms with Gasteiger partial charge in [-0.25, -0.2) is 0 Å². The lowest BCUT2D eigenvalue weighted by Gasteiger charge is -2.11. The van der Waals surface area contributed by atoms with Crippen molar-refractivity contribution in [2.45, 2.75) is 13.5 Å². The zero-order valence-electron chi connectivity index (χ0n) is 10.9. The summed E-state index contributed by atoms with van der Waals surface area (Å²) in [5, 5.41) is 6.59. The van der Waals surface area contributed by atoms with Crippen LogP contribution in [0.15, 0.2) is 30.5 Å². The van der Waals surface area contributed by atoms with E-state index in [1.807, 2.05) is 0 Å². The van der Waals surface area contributed by atoms with Crippen LogP contribution >= 0.6 is 0 Å². The summed E-state index contributed by atoms with van der Waals surface area (Å²) in [6.45, 7) is -1.18. The number of halogens is 2. The molecule has 0 unspecified atom stereocenters. The molecule has 0 aliphatic rings. The Morgan fingerprint density at radius 1 is 1.40 bits per heavy atom. The number of nitrogens with one attached hydrogen (secondary N) is 1. The number of anilines is 1. The summed E-state index contributed by atoms with van der Waals surface area (Å²) < 4.78 is 29.9. The second-order valence-electron chi connectivity index (χ2n) is 4.15. The number of carbonyl (C=O) groups excluding carboxylic acids is 1. The number of benzene rings is 1. The molecule has 1 aromatic carbocycles. The molecule has 2 rings (SSSR count). The topological polar surface area (TPSA) is 56.1 Å². The van der Waals surface area contributed by atoms with E-state index in [-0.39, 0.29) is 11.7 Å². The number of hydrogen-bond acceptors (Lipinski definition) is 3. The Bertz CT molecular complexity index is 626. The molecule has 0 spiro atoms. The van der Waals surface area contributed by atoms with Crippen LogP contribution in [0, 0.1) is 6.92 Å². The maximum atomic E-state index is 12.1. The molecular formula is C13H13F2N3O2. The number of alkyl halides is 2. The Morgan fingerprint density at radius 3 is 2.70 bits per heavy atom. The van der Waals surface area contributed by atoms with Crippen molar-refractivity contribution in [3.8, 4) is 5.75 Å². The lowest BCUT2D eigenvalue weighted by molar-refractivity contribution is -0.0498. The SMILES string of the molecule is Cc1cc(OC(F)F)ccc1NC(=O)c1ccnn1C. The molecule has 1 N–H and O–H groups in total. The fraction of sp³-hybridized carbons (Fsp3) is 0.231. The van der Waals surface area contributed by atoms with Crippen LogP contribution in [0.3, 0.4) is 0 Å². The van der Waals surface area contributed by atoms with E-state index >= 15 is 0 Å². The molecule has 0 bridgehead atoms. The molecule has 5 nitrogen and oxygen atoms in total. The van der Waals surface area contributed by atoms with Gasteiger partial charge in [0.1, 0.15) is 11.4 Å². The summed E-state index contributed by atoms with van der Waals surface area (Å²) in [7, 11) is 1.65. The van der Waals surface area contributed by atoms with Gasteiger partial charge in [0.2, 0.25) is 0 Å². The van der Waals surface area contributed by atoms with Gasteiger partial charge in [0.05, 0.1) is 0 Å². The number of ether oxygens (including phenoxy) is 1. The molecule has 106 valence electrons. The molecule has 2 aromatic rings. The molecule has 0 atom stereocenters. The van der Waals surface area contributed by atoms with E-state index in [2.05, 4.69) is 15.2 Å². The second-order valence-corrected chi connectivity index (χ2v) is 4.15.